The first-order chi connectivity index (χ1) is 8.92. The van der Waals surface area contributed by atoms with Gasteiger partial charge in [0, 0.05) is 4.47 Å². The minimum absolute atomic E-state index is 0.377. The zero-order valence-electron chi connectivity index (χ0n) is 10.9. The maximum absolute atomic E-state index is 13.6. The van der Waals surface area contributed by atoms with Gasteiger partial charge in [-0.2, -0.15) is 13.2 Å². The van der Waals surface area contributed by atoms with Crippen molar-refractivity contribution in [2.45, 2.75) is 32.5 Å². The molecule has 1 amide bonds. The minimum atomic E-state index is -4.83. The van der Waals surface area contributed by atoms with Gasteiger partial charge < -0.3 is 4.74 Å². The van der Waals surface area contributed by atoms with Crippen LogP contribution in [0.2, 0.25) is 0 Å². The Bertz CT molecular complexity index is 523. The highest BCUT2D eigenvalue weighted by molar-refractivity contribution is 9.10. The number of anilines is 1. The Kier molecular flexibility index (Phi) is 4.68. The van der Waals surface area contributed by atoms with E-state index in [0.29, 0.717) is 0 Å². The lowest BCUT2D eigenvalue weighted by Gasteiger charge is -2.21. The van der Waals surface area contributed by atoms with Crippen LogP contribution in [-0.4, -0.2) is 11.7 Å². The smallest absolute Gasteiger partial charge is 0.419 e. The molecule has 0 saturated carbocycles. The number of amides is 1. The van der Waals surface area contributed by atoms with Gasteiger partial charge in [0.2, 0.25) is 0 Å². The van der Waals surface area contributed by atoms with E-state index in [1.54, 1.807) is 5.32 Å². The van der Waals surface area contributed by atoms with Crippen LogP contribution in [0.5, 0.6) is 0 Å². The first-order valence-corrected chi connectivity index (χ1v) is 6.26. The van der Waals surface area contributed by atoms with Crippen molar-refractivity contribution in [3.05, 3.63) is 28.0 Å². The molecule has 0 radical (unpaired) electrons. The van der Waals surface area contributed by atoms with Crippen molar-refractivity contribution in [2.24, 2.45) is 0 Å². The van der Waals surface area contributed by atoms with E-state index in [9.17, 15) is 22.4 Å². The molecular formula is C12H12BrF4NO2. The second-order valence-electron chi connectivity index (χ2n) is 4.90. The summed E-state index contributed by atoms with van der Waals surface area (Å²) in [6.07, 6.45) is -5.99. The van der Waals surface area contributed by atoms with Gasteiger partial charge in [-0.05, 0) is 32.9 Å². The van der Waals surface area contributed by atoms with Crippen LogP contribution in [-0.2, 0) is 10.9 Å². The first-order valence-electron chi connectivity index (χ1n) is 5.47. The molecule has 0 aliphatic heterocycles. The van der Waals surface area contributed by atoms with Crippen LogP contribution >= 0.6 is 15.9 Å². The van der Waals surface area contributed by atoms with Gasteiger partial charge in [0.15, 0.2) is 0 Å². The molecule has 0 spiro atoms. The van der Waals surface area contributed by atoms with Crippen molar-refractivity contribution >= 4 is 27.7 Å². The molecule has 0 aliphatic rings. The molecule has 8 heteroatoms. The van der Waals surface area contributed by atoms with Gasteiger partial charge >= 0.3 is 12.3 Å². The molecule has 1 aromatic carbocycles. The summed E-state index contributed by atoms with van der Waals surface area (Å²) in [6.45, 7) is 4.61. The number of rotatable bonds is 1. The van der Waals surface area contributed by atoms with E-state index in [-0.39, 0.29) is 4.47 Å². The SMILES string of the molecule is CC(C)(C)OC(=O)Nc1c(F)ccc(Br)c1C(F)(F)F. The fourth-order valence-electron chi connectivity index (χ4n) is 1.36. The fraction of sp³-hybridized carbons (Fsp3) is 0.417. The molecule has 0 heterocycles. The van der Waals surface area contributed by atoms with Crippen LogP contribution in [0.4, 0.5) is 28.0 Å². The zero-order chi connectivity index (χ0) is 15.7. The van der Waals surface area contributed by atoms with Crippen LogP contribution in [0.3, 0.4) is 0 Å². The van der Waals surface area contributed by atoms with Crippen molar-refractivity contribution < 1.29 is 27.1 Å². The number of carbonyl (C=O) groups is 1. The van der Waals surface area contributed by atoms with Gasteiger partial charge in [-0.25, -0.2) is 9.18 Å². The highest BCUT2D eigenvalue weighted by Gasteiger charge is 2.38. The molecule has 3 nitrogen and oxygen atoms in total. The molecule has 0 saturated heterocycles. The standard InChI is InChI=1S/C12H12BrF4NO2/c1-11(2,3)20-10(19)18-9-7(14)5-4-6(13)8(9)12(15,16)17/h4-5H,1-3H3,(H,18,19). The summed E-state index contributed by atoms with van der Waals surface area (Å²) in [5.41, 5.74) is -3.19. The number of benzene rings is 1. The number of hydrogen-bond acceptors (Lipinski definition) is 2. The van der Waals surface area contributed by atoms with Crippen LogP contribution in [0.1, 0.15) is 26.3 Å². The lowest BCUT2D eigenvalue weighted by Crippen LogP contribution is -2.28. The summed E-state index contributed by atoms with van der Waals surface area (Å²) in [7, 11) is 0. The number of nitrogens with one attached hydrogen (secondary N) is 1. The summed E-state index contributed by atoms with van der Waals surface area (Å²) >= 11 is 2.69. The van der Waals surface area contributed by atoms with Crippen molar-refractivity contribution in [3.8, 4) is 0 Å². The summed E-state index contributed by atoms with van der Waals surface area (Å²) in [5.74, 6) is -1.20. The summed E-state index contributed by atoms with van der Waals surface area (Å²) in [6, 6.07) is 1.73. The Hall–Kier alpha value is -1.31. The third kappa shape index (κ3) is 4.36. The first kappa shape index (κ1) is 16.7. The second-order valence-corrected chi connectivity index (χ2v) is 5.76. The van der Waals surface area contributed by atoms with E-state index in [4.69, 9.17) is 4.74 Å². The Morgan fingerprint density at radius 3 is 2.25 bits per heavy atom. The predicted molar refractivity (Wildman–Crippen MR) is 69.0 cm³/mol. The molecule has 1 rings (SSSR count). The Balaban J connectivity index is 3.18. The van der Waals surface area contributed by atoms with Gasteiger partial charge in [0.1, 0.15) is 11.4 Å². The van der Waals surface area contributed by atoms with Crippen LogP contribution in [0.15, 0.2) is 16.6 Å². The number of alkyl halides is 3. The van der Waals surface area contributed by atoms with E-state index in [1.165, 1.54) is 20.8 Å². The molecule has 0 bridgehead atoms. The van der Waals surface area contributed by atoms with Crippen molar-refractivity contribution in [1.82, 2.24) is 0 Å². The van der Waals surface area contributed by atoms with Gasteiger partial charge in [0.05, 0.1) is 11.3 Å². The van der Waals surface area contributed by atoms with Gasteiger partial charge in [-0.15, -0.1) is 0 Å². The van der Waals surface area contributed by atoms with Crippen molar-refractivity contribution in [2.75, 3.05) is 5.32 Å². The minimum Gasteiger partial charge on any atom is -0.444 e. The molecule has 112 valence electrons. The van der Waals surface area contributed by atoms with Crippen molar-refractivity contribution in [3.63, 3.8) is 0 Å². The summed E-state index contributed by atoms with van der Waals surface area (Å²) in [4.78, 5) is 11.5. The Labute approximate surface area is 121 Å². The molecule has 0 unspecified atom stereocenters. The van der Waals surface area contributed by atoms with Crippen molar-refractivity contribution in [1.29, 1.82) is 0 Å². The quantitative estimate of drug-likeness (QED) is 0.721. The maximum atomic E-state index is 13.6. The maximum Gasteiger partial charge on any atom is 0.419 e. The lowest BCUT2D eigenvalue weighted by molar-refractivity contribution is -0.137. The van der Waals surface area contributed by atoms with E-state index in [1.807, 2.05) is 0 Å². The van der Waals surface area contributed by atoms with E-state index >= 15 is 0 Å². The molecule has 20 heavy (non-hydrogen) atoms. The summed E-state index contributed by atoms with van der Waals surface area (Å²) < 4.78 is 56.7. The highest BCUT2D eigenvalue weighted by Crippen LogP contribution is 2.41. The topological polar surface area (TPSA) is 38.3 Å². The predicted octanol–water partition coefficient (Wildman–Crippen LogP) is 4.95. The molecule has 1 N–H and O–H groups in total. The molecule has 0 aromatic heterocycles. The number of hydrogen-bond donors (Lipinski definition) is 1. The Morgan fingerprint density at radius 1 is 1.25 bits per heavy atom. The molecule has 0 fully saturated rings. The molecule has 1 aromatic rings. The second kappa shape index (κ2) is 5.59. The third-order valence-electron chi connectivity index (χ3n) is 2.01. The Morgan fingerprint density at radius 2 is 1.80 bits per heavy atom. The third-order valence-corrected chi connectivity index (χ3v) is 2.67. The van der Waals surface area contributed by atoms with E-state index < -0.39 is 34.9 Å². The van der Waals surface area contributed by atoms with Gasteiger partial charge in [0.25, 0.3) is 0 Å². The van der Waals surface area contributed by atoms with Gasteiger partial charge in [-0.1, -0.05) is 15.9 Å². The van der Waals surface area contributed by atoms with Crippen LogP contribution in [0, 0.1) is 5.82 Å². The number of ether oxygens (including phenoxy) is 1. The molecule has 0 aliphatic carbocycles. The highest BCUT2D eigenvalue weighted by atomic mass is 79.9. The van der Waals surface area contributed by atoms with E-state index in [0.717, 1.165) is 12.1 Å². The normalized spacial score (nSPS) is 12.2. The largest absolute Gasteiger partial charge is 0.444 e. The average Bonchev–Trinajstić information content (AvgIpc) is 2.18. The van der Waals surface area contributed by atoms with Gasteiger partial charge in [-0.3, -0.25) is 5.32 Å². The molecular weight excluding hydrogens is 346 g/mol. The summed E-state index contributed by atoms with van der Waals surface area (Å²) in [5, 5.41) is 1.80. The number of carbonyl (C=O) groups excluding carboxylic acids is 1. The fourth-order valence-corrected chi connectivity index (χ4v) is 1.91. The van der Waals surface area contributed by atoms with Crippen LogP contribution in [0.25, 0.3) is 0 Å². The average molecular weight is 358 g/mol. The molecule has 0 atom stereocenters. The monoisotopic (exact) mass is 357 g/mol. The zero-order valence-corrected chi connectivity index (χ0v) is 12.4. The number of halogens is 5. The van der Waals surface area contributed by atoms with E-state index in [2.05, 4.69) is 15.9 Å². The lowest BCUT2D eigenvalue weighted by atomic mass is 10.1. The van der Waals surface area contributed by atoms with Crippen LogP contribution < -0.4 is 5.32 Å².